The summed E-state index contributed by atoms with van der Waals surface area (Å²) in [6.45, 7) is 3.25. The van der Waals surface area contributed by atoms with E-state index in [4.69, 9.17) is 4.42 Å². The highest BCUT2D eigenvalue weighted by Gasteiger charge is 2.31. The molecule has 1 aromatic carbocycles. The van der Waals surface area contributed by atoms with Crippen LogP contribution in [0, 0.1) is 6.92 Å². The van der Waals surface area contributed by atoms with Crippen molar-refractivity contribution in [2.45, 2.75) is 13.5 Å². The van der Waals surface area contributed by atoms with E-state index in [1.165, 1.54) is 4.31 Å². The van der Waals surface area contributed by atoms with Crippen LogP contribution in [0.3, 0.4) is 0 Å². The molecule has 2 aromatic rings. The van der Waals surface area contributed by atoms with E-state index >= 15 is 0 Å². The Morgan fingerprint density at radius 3 is 2.94 bits per heavy atom. The van der Waals surface area contributed by atoms with E-state index in [0.717, 1.165) is 11.1 Å². The van der Waals surface area contributed by atoms with Crippen molar-refractivity contribution < 1.29 is 12.8 Å². The van der Waals surface area contributed by atoms with Gasteiger partial charge in [-0.3, -0.25) is 0 Å². The Bertz CT molecular complexity index is 689. The van der Waals surface area contributed by atoms with E-state index in [0.29, 0.717) is 24.6 Å². The van der Waals surface area contributed by atoms with Crippen LogP contribution in [-0.4, -0.2) is 30.8 Å². The molecule has 0 amide bonds. The van der Waals surface area contributed by atoms with Gasteiger partial charge in [-0.2, -0.15) is 17.4 Å². The number of aryl methyl sites for hydroxylation is 1. The maximum atomic E-state index is 11.6. The molecule has 0 saturated carbocycles. The Kier molecular flexibility index (Phi) is 2.61. The van der Waals surface area contributed by atoms with Crippen LogP contribution < -0.4 is 4.72 Å². The fourth-order valence-corrected chi connectivity index (χ4v) is 2.84. The molecule has 6 nitrogen and oxygen atoms in total. The second kappa shape index (κ2) is 4.04. The van der Waals surface area contributed by atoms with Crippen LogP contribution in [0.2, 0.25) is 0 Å². The number of aromatic nitrogens is 1. The summed E-state index contributed by atoms with van der Waals surface area (Å²) in [5, 5.41) is 0. The first kappa shape index (κ1) is 11.6. The molecule has 1 N–H and O–H groups in total. The van der Waals surface area contributed by atoms with Gasteiger partial charge in [0.05, 0.1) is 0 Å². The maximum absolute atomic E-state index is 11.6. The van der Waals surface area contributed by atoms with E-state index in [2.05, 4.69) is 9.71 Å². The summed E-state index contributed by atoms with van der Waals surface area (Å²) in [5.74, 6) is 0.604. The Morgan fingerprint density at radius 2 is 2.22 bits per heavy atom. The maximum Gasteiger partial charge on any atom is 0.279 e. The molecular weight excluding hydrogens is 254 g/mol. The summed E-state index contributed by atoms with van der Waals surface area (Å²) in [6, 6.07) is 5.47. The predicted molar refractivity (Wildman–Crippen MR) is 66.1 cm³/mol. The molecule has 7 heteroatoms. The highest BCUT2D eigenvalue weighted by molar-refractivity contribution is 7.87. The van der Waals surface area contributed by atoms with Crippen molar-refractivity contribution in [3.05, 3.63) is 29.7 Å². The zero-order valence-corrected chi connectivity index (χ0v) is 10.7. The standard InChI is InChI=1S/C11H13N3O3S/c1-8-13-10-3-2-9(6-11(10)17-8)7-12-18(15,16)14-4-5-14/h2-3,6,12H,4-5,7H2,1H3. The van der Waals surface area contributed by atoms with Crippen molar-refractivity contribution in [3.8, 4) is 0 Å². The average Bonchev–Trinajstić information content (AvgIpc) is 3.09. The van der Waals surface area contributed by atoms with Gasteiger partial charge >= 0.3 is 0 Å². The number of hydrogen-bond acceptors (Lipinski definition) is 4. The van der Waals surface area contributed by atoms with E-state index in [1.807, 2.05) is 12.1 Å². The number of rotatable bonds is 4. The third-order valence-corrected chi connectivity index (χ3v) is 4.32. The van der Waals surface area contributed by atoms with Gasteiger partial charge in [0.2, 0.25) is 0 Å². The van der Waals surface area contributed by atoms with Crippen LogP contribution in [-0.2, 0) is 16.8 Å². The molecule has 1 aromatic heterocycles. The number of nitrogens with one attached hydrogen (secondary N) is 1. The number of oxazole rings is 1. The molecule has 1 fully saturated rings. The second-order valence-electron chi connectivity index (χ2n) is 4.26. The zero-order valence-electron chi connectivity index (χ0n) is 9.88. The van der Waals surface area contributed by atoms with Crippen molar-refractivity contribution in [2.24, 2.45) is 0 Å². The van der Waals surface area contributed by atoms with Crippen molar-refractivity contribution in [2.75, 3.05) is 13.1 Å². The summed E-state index contributed by atoms with van der Waals surface area (Å²) in [5.41, 5.74) is 2.31. The Morgan fingerprint density at radius 1 is 1.44 bits per heavy atom. The van der Waals surface area contributed by atoms with Crippen molar-refractivity contribution in [1.82, 2.24) is 14.0 Å². The minimum atomic E-state index is -3.30. The molecule has 0 atom stereocenters. The Labute approximate surface area is 105 Å². The van der Waals surface area contributed by atoms with Gasteiger partial charge in [0.1, 0.15) is 5.52 Å². The van der Waals surface area contributed by atoms with Crippen molar-refractivity contribution >= 4 is 21.3 Å². The average molecular weight is 267 g/mol. The van der Waals surface area contributed by atoms with Crippen molar-refractivity contribution in [1.29, 1.82) is 0 Å². The summed E-state index contributed by atoms with van der Waals surface area (Å²) < 4.78 is 32.6. The SMILES string of the molecule is Cc1nc2ccc(CNS(=O)(=O)N3CC3)cc2o1. The largest absolute Gasteiger partial charge is 0.441 e. The third kappa shape index (κ3) is 2.24. The van der Waals surface area contributed by atoms with Gasteiger partial charge in [-0.1, -0.05) is 6.07 Å². The monoisotopic (exact) mass is 267 g/mol. The molecule has 3 rings (SSSR count). The summed E-state index contributed by atoms with van der Waals surface area (Å²) >= 11 is 0. The molecule has 2 heterocycles. The van der Waals surface area contributed by atoms with E-state index in [1.54, 1.807) is 13.0 Å². The Hall–Kier alpha value is -1.44. The van der Waals surface area contributed by atoms with Gasteiger partial charge in [0.15, 0.2) is 11.5 Å². The van der Waals surface area contributed by atoms with Crippen molar-refractivity contribution in [3.63, 3.8) is 0 Å². The first-order valence-corrected chi connectivity index (χ1v) is 7.09. The molecule has 18 heavy (non-hydrogen) atoms. The van der Waals surface area contributed by atoms with Crippen LogP contribution >= 0.6 is 0 Å². The number of hydrogen-bond donors (Lipinski definition) is 1. The smallest absolute Gasteiger partial charge is 0.279 e. The molecule has 0 spiro atoms. The molecule has 96 valence electrons. The topological polar surface area (TPSA) is 75.2 Å². The second-order valence-corrected chi connectivity index (χ2v) is 6.02. The minimum absolute atomic E-state index is 0.258. The van der Waals surface area contributed by atoms with Crippen LogP contribution in [0.5, 0.6) is 0 Å². The normalized spacial score (nSPS) is 16.3. The molecule has 0 aliphatic carbocycles. The third-order valence-electron chi connectivity index (χ3n) is 2.76. The molecule has 0 unspecified atom stereocenters. The minimum Gasteiger partial charge on any atom is -0.441 e. The lowest BCUT2D eigenvalue weighted by atomic mass is 10.2. The van der Waals surface area contributed by atoms with Gasteiger partial charge < -0.3 is 4.42 Å². The fraction of sp³-hybridized carbons (Fsp3) is 0.364. The predicted octanol–water partition coefficient (Wildman–Crippen LogP) is 0.786. The molecule has 0 bridgehead atoms. The Balaban J connectivity index is 1.78. The van der Waals surface area contributed by atoms with Gasteiger partial charge in [-0.05, 0) is 17.7 Å². The van der Waals surface area contributed by atoms with Crippen LogP contribution in [0.25, 0.3) is 11.1 Å². The highest BCUT2D eigenvalue weighted by Crippen LogP contribution is 2.17. The van der Waals surface area contributed by atoms with E-state index in [9.17, 15) is 8.42 Å². The van der Waals surface area contributed by atoms with E-state index < -0.39 is 10.2 Å². The lowest BCUT2D eigenvalue weighted by Crippen LogP contribution is -2.29. The van der Waals surface area contributed by atoms with Crippen LogP contribution in [0.15, 0.2) is 22.6 Å². The molecular formula is C11H13N3O3S. The van der Waals surface area contributed by atoms with Gasteiger partial charge in [-0.15, -0.1) is 0 Å². The summed E-state index contributed by atoms with van der Waals surface area (Å²) in [4.78, 5) is 4.19. The van der Waals surface area contributed by atoms with Gasteiger partial charge in [-0.25, -0.2) is 4.98 Å². The van der Waals surface area contributed by atoms with Gasteiger partial charge in [0.25, 0.3) is 10.2 Å². The number of benzene rings is 1. The van der Waals surface area contributed by atoms with E-state index in [-0.39, 0.29) is 6.54 Å². The van der Waals surface area contributed by atoms with Gasteiger partial charge in [0, 0.05) is 26.6 Å². The lowest BCUT2D eigenvalue weighted by Gasteiger charge is -2.06. The quantitative estimate of drug-likeness (QED) is 0.831. The fourth-order valence-electron chi connectivity index (χ4n) is 1.74. The molecule has 1 aliphatic rings. The van der Waals surface area contributed by atoms with Crippen LogP contribution in [0.4, 0.5) is 0 Å². The highest BCUT2D eigenvalue weighted by atomic mass is 32.2. The number of fused-ring (bicyclic) bond motifs is 1. The summed E-state index contributed by atoms with van der Waals surface area (Å²) in [6.07, 6.45) is 0. The first-order valence-electron chi connectivity index (χ1n) is 5.65. The lowest BCUT2D eigenvalue weighted by molar-refractivity contribution is 0.546. The zero-order chi connectivity index (χ0) is 12.8. The number of nitrogens with zero attached hydrogens (tertiary/aromatic N) is 2. The van der Waals surface area contributed by atoms with Crippen LogP contribution in [0.1, 0.15) is 11.5 Å². The molecule has 1 aliphatic heterocycles. The molecule has 1 saturated heterocycles. The summed E-state index contributed by atoms with van der Waals surface area (Å²) in [7, 11) is -3.30. The first-order chi connectivity index (χ1) is 8.54. The molecule has 0 radical (unpaired) electrons.